The molecule has 0 heterocycles. The Morgan fingerprint density at radius 2 is 1.53 bits per heavy atom. The first-order valence-corrected chi connectivity index (χ1v) is 13.0. The Morgan fingerprint density at radius 3 is 2.06 bits per heavy atom. The Bertz CT molecular complexity index is 540. The molecule has 0 aromatic heterocycles. The summed E-state index contributed by atoms with van der Waals surface area (Å²) in [6, 6.07) is 0. The molecule has 4 unspecified atom stereocenters. The van der Waals surface area contributed by atoms with Gasteiger partial charge in [0.25, 0.3) is 0 Å². The van der Waals surface area contributed by atoms with Crippen LogP contribution < -0.4 is 0 Å². The van der Waals surface area contributed by atoms with Crippen molar-refractivity contribution in [2.45, 2.75) is 92.3 Å². The third kappa shape index (κ3) is 11.9. The van der Waals surface area contributed by atoms with Crippen molar-refractivity contribution in [2.24, 2.45) is 16.7 Å². The van der Waals surface area contributed by atoms with Crippen LogP contribution >= 0.6 is 11.8 Å². The second-order valence-electron chi connectivity index (χ2n) is 9.62. The zero-order chi connectivity index (χ0) is 24.8. The Labute approximate surface area is 198 Å². The predicted molar refractivity (Wildman–Crippen MR) is 128 cm³/mol. The number of carbonyl (C=O) groups excluding carboxylic acids is 2. The Balaban J connectivity index is 4.74. The highest BCUT2D eigenvalue weighted by atomic mass is 32.2. The fourth-order valence-corrected chi connectivity index (χ4v) is 4.35. The van der Waals surface area contributed by atoms with Crippen LogP contribution in [-0.4, -0.2) is 70.8 Å². The SMILES string of the molecule is CCCCC(CC)COC(=O)C(C)(CC)CC(C)(C)C(=O)OCC(O)CSCC(O)CO. The summed E-state index contributed by atoms with van der Waals surface area (Å²) < 4.78 is 11.0. The molecule has 8 heteroatoms. The van der Waals surface area contributed by atoms with E-state index in [1.165, 1.54) is 11.8 Å². The number of hydrogen-bond donors (Lipinski definition) is 3. The molecule has 0 spiro atoms. The summed E-state index contributed by atoms with van der Waals surface area (Å²) in [4.78, 5) is 25.6. The van der Waals surface area contributed by atoms with E-state index in [2.05, 4.69) is 13.8 Å². The number of ether oxygens (including phenoxy) is 2. The van der Waals surface area contributed by atoms with E-state index in [0.717, 1.165) is 25.7 Å². The quantitative estimate of drug-likeness (QED) is 0.256. The summed E-state index contributed by atoms with van der Waals surface area (Å²) >= 11 is 1.27. The van der Waals surface area contributed by atoms with Crippen molar-refractivity contribution in [3.05, 3.63) is 0 Å². The van der Waals surface area contributed by atoms with E-state index in [0.29, 0.717) is 24.7 Å². The van der Waals surface area contributed by atoms with Gasteiger partial charge in [0.2, 0.25) is 0 Å². The molecule has 3 N–H and O–H groups in total. The molecule has 32 heavy (non-hydrogen) atoms. The second-order valence-corrected chi connectivity index (χ2v) is 10.7. The fraction of sp³-hybridized carbons (Fsp3) is 0.917. The van der Waals surface area contributed by atoms with Gasteiger partial charge in [-0.15, -0.1) is 0 Å². The highest BCUT2D eigenvalue weighted by molar-refractivity contribution is 7.99. The summed E-state index contributed by atoms with van der Waals surface area (Å²) in [5, 5.41) is 28.1. The molecule has 0 saturated carbocycles. The van der Waals surface area contributed by atoms with Gasteiger partial charge in [0.05, 0.1) is 36.3 Å². The maximum Gasteiger partial charge on any atom is 0.311 e. The van der Waals surface area contributed by atoms with Gasteiger partial charge in [0.1, 0.15) is 6.61 Å². The number of aliphatic hydroxyl groups excluding tert-OH is 3. The van der Waals surface area contributed by atoms with Crippen LogP contribution in [0.25, 0.3) is 0 Å². The van der Waals surface area contributed by atoms with Crippen LogP contribution in [0.15, 0.2) is 0 Å². The molecule has 0 aliphatic rings. The van der Waals surface area contributed by atoms with Gasteiger partial charge in [-0.05, 0) is 46.0 Å². The van der Waals surface area contributed by atoms with Crippen molar-refractivity contribution in [3.8, 4) is 0 Å². The van der Waals surface area contributed by atoms with Gasteiger partial charge in [-0.1, -0.05) is 40.0 Å². The number of unbranched alkanes of at least 4 members (excludes halogenated alkanes) is 1. The third-order valence-electron chi connectivity index (χ3n) is 5.89. The number of rotatable bonds is 18. The van der Waals surface area contributed by atoms with Gasteiger partial charge in [0.15, 0.2) is 0 Å². The van der Waals surface area contributed by atoms with Crippen molar-refractivity contribution >= 4 is 23.7 Å². The van der Waals surface area contributed by atoms with Gasteiger partial charge in [-0.3, -0.25) is 9.59 Å². The fourth-order valence-electron chi connectivity index (χ4n) is 3.46. The van der Waals surface area contributed by atoms with Crippen molar-refractivity contribution in [1.82, 2.24) is 0 Å². The van der Waals surface area contributed by atoms with E-state index in [9.17, 15) is 19.8 Å². The zero-order valence-electron chi connectivity index (χ0n) is 20.9. The van der Waals surface area contributed by atoms with Crippen LogP contribution in [0.4, 0.5) is 0 Å². The standard InChI is InChI=1S/C24H46O7S/c1-7-10-11-18(8-2)13-30-22(29)24(6,9-3)17-23(4,5)21(28)31-14-20(27)16-32-15-19(26)12-25/h18-20,25-27H,7-17H2,1-6H3. The summed E-state index contributed by atoms with van der Waals surface area (Å²) in [5.74, 6) is 0.172. The van der Waals surface area contributed by atoms with Gasteiger partial charge in [0, 0.05) is 11.5 Å². The molecule has 7 nitrogen and oxygen atoms in total. The largest absolute Gasteiger partial charge is 0.465 e. The van der Waals surface area contributed by atoms with E-state index >= 15 is 0 Å². The molecule has 0 aliphatic heterocycles. The van der Waals surface area contributed by atoms with Gasteiger partial charge in [-0.25, -0.2) is 0 Å². The molecular weight excluding hydrogens is 432 g/mol. The minimum atomic E-state index is -0.921. The Kier molecular flexibility index (Phi) is 15.5. The molecular formula is C24H46O7S. The summed E-state index contributed by atoms with van der Waals surface area (Å²) in [7, 11) is 0. The third-order valence-corrected chi connectivity index (χ3v) is 7.13. The molecule has 0 saturated heterocycles. The minimum absolute atomic E-state index is 0.159. The van der Waals surface area contributed by atoms with Crippen LogP contribution in [-0.2, 0) is 19.1 Å². The van der Waals surface area contributed by atoms with Crippen molar-refractivity contribution in [1.29, 1.82) is 0 Å². The number of thioether (sulfide) groups is 1. The van der Waals surface area contributed by atoms with Gasteiger partial charge < -0.3 is 24.8 Å². The van der Waals surface area contributed by atoms with E-state index < -0.39 is 29.0 Å². The van der Waals surface area contributed by atoms with Crippen LogP contribution in [0.2, 0.25) is 0 Å². The van der Waals surface area contributed by atoms with E-state index in [4.69, 9.17) is 14.6 Å². The normalized spacial score (nSPS) is 16.7. The second kappa shape index (κ2) is 15.9. The number of carbonyl (C=O) groups is 2. The van der Waals surface area contributed by atoms with Crippen molar-refractivity contribution in [3.63, 3.8) is 0 Å². The number of hydrogen-bond acceptors (Lipinski definition) is 8. The molecule has 190 valence electrons. The highest BCUT2D eigenvalue weighted by Crippen LogP contribution is 2.38. The lowest BCUT2D eigenvalue weighted by molar-refractivity contribution is -0.165. The molecule has 0 aromatic carbocycles. The first kappa shape index (κ1) is 31.2. The molecule has 0 bridgehead atoms. The first-order chi connectivity index (χ1) is 15.0. The maximum atomic E-state index is 12.9. The smallest absolute Gasteiger partial charge is 0.311 e. The molecule has 4 atom stereocenters. The van der Waals surface area contributed by atoms with Gasteiger partial charge in [-0.2, -0.15) is 11.8 Å². The van der Waals surface area contributed by atoms with E-state index in [-0.39, 0.29) is 31.4 Å². The predicted octanol–water partition coefficient (Wildman–Crippen LogP) is 3.57. The maximum absolute atomic E-state index is 12.9. The Hall–Kier alpha value is -0.830. The lowest BCUT2D eigenvalue weighted by atomic mass is 9.72. The molecule has 0 fully saturated rings. The van der Waals surface area contributed by atoms with Crippen molar-refractivity contribution < 1.29 is 34.4 Å². The Morgan fingerprint density at radius 1 is 0.938 bits per heavy atom. The minimum Gasteiger partial charge on any atom is -0.465 e. The topological polar surface area (TPSA) is 113 Å². The molecule has 0 aromatic rings. The van der Waals surface area contributed by atoms with Gasteiger partial charge >= 0.3 is 11.9 Å². The number of esters is 2. The molecule has 0 rings (SSSR count). The number of aliphatic hydroxyl groups is 3. The molecule has 0 radical (unpaired) electrons. The molecule has 0 aliphatic carbocycles. The lowest BCUT2D eigenvalue weighted by Crippen LogP contribution is -2.39. The highest BCUT2D eigenvalue weighted by Gasteiger charge is 2.43. The monoisotopic (exact) mass is 478 g/mol. The zero-order valence-corrected chi connectivity index (χ0v) is 21.7. The van der Waals surface area contributed by atoms with Crippen LogP contribution in [0.3, 0.4) is 0 Å². The summed E-state index contributed by atoms with van der Waals surface area (Å²) in [5.41, 5.74) is -1.73. The van der Waals surface area contributed by atoms with Crippen LogP contribution in [0, 0.1) is 16.7 Å². The summed E-state index contributed by atoms with van der Waals surface area (Å²) in [6.07, 6.45) is 3.36. The first-order valence-electron chi connectivity index (χ1n) is 11.8. The van der Waals surface area contributed by atoms with E-state index in [1.807, 2.05) is 13.8 Å². The molecule has 0 amide bonds. The van der Waals surface area contributed by atoms with Crippen molar-refractivity contribution in [2.75, 3.05) is 31.3 Å². The lowest BCUT2D eigenvalue weighted by Gasteiger charge is -2.34. The average molecular weight is 479 g/mol. The summed E-state index contributed by atoms with van der Waals surface area (Å²) in [6.45, 7) is 11.4. The van der Waals surface area contributed by atoms with Crippen LogP contribution in [0.1, 0.15) is 80.1 Å². The average Bonchev–Trinajstić information content (AvgIpc) is 2.76. The van der Waals surface area contributed by atoms with E-state index in [1.54, 1.807) is 13.8 Å². The van der Waals surface area contributed by atoms with Crippen LogP contribution in [0.5, 0.6) is 0 Å².